The smallest absolute Gasteiger partial charge is 0.0431 e. The monoisotopic (exact) mass is 222 g/mol. The summed E-state index contributed by atoms with van der Waals surface area (Å²) in [6.07, 6.45) is 8.08. The third-order valence-electron chi connectivity index (χ3n) is 2.74. The van der Waals surface area contributed by atoms with Crippen molar-refractivity contribution in [3.63, 3.8) is 0 Å². The topological polar surface area (TPSA) is 45.1 Å². The molecule has 0 aliphatic rings. The van der Waals surface area contributed by atoms with E-state index in [0.29, 0.717) is 12.6 Å². The van der Waals surface area contributed by atoms with Crippen LogP contribution in [0.2, 0.25) is 0 Å². The summed E-state index contributed by atoms with van der Waals surface area (Å²) in [5.41, 5.74) is 1.28. The van der Waals surface area contributed by atoms with Crippen LogP contribution in [0.15, 0.2) is 24.5 Å². The van der Waals surface area contributed by atoms with Crippen molar-refractivity contribution in [1.29, 1.82) is 0 Å². The fraction of sp³-hybridized carbons (Fsp3) is 0.615. The van der Waals surface area contributed by atoms with Crippen molar-refractivity contribution in [2.24, 2.45) is 0 Å². The lowest BCUT2D eigenvalue weighted by molar-refractivity contribution is 0.282. The van der Waals surface area contributed by atoms with E-state index in [-0.39, 0.29) is 0 Å². The molecule has 0 aromatic carbocycles. The van der Waals surface area contributed by atoms with E-state index in [1.54, 1.807) is 0 Å². The SMILES string of the molecule is C[C@H](NCCCCCCO)c1ccncc1. The molecule has 0 bridgehead atoms. The molecule has 90 valence electrons. The first kappa shape index (κ1) is 13.1. The van der Waals surface area contributed by atoms with E-state index in [1.807, 2.05) is 24.5 Å². The van der Waals surface area contributed by atoms with Gasteiger partial charge in [-0.2, -0.15) is 0 Å². The maximum absolute atomic E-state index is 8.64. The van der Waals surface area contributed by atoms with Crippen molar-refractivity contribution in [2.45, 2.75) is 38.6 Å². The van der Waals surface area contributed by atoms with Gasteiger partial charge in [0.1, 0.15) is 0 Å². The zero-order valence-corrected chi connectivity index (χ0v) is 10.0. The average molecular weight is 222 g/mol. The summed E-state index contributed by atoms with van der Waals surface area (Å²) < 4.78 is 0. The molecule has 0 radical (unpaired) electrons. The molecule has 1 atom stereocenters. The van der Waals surface area contributed by atoms with Crippen LogP contribution in [0.4, 0.5) is 0 Å². The van der Waals surface area contributed by atoms with E-state index in [4.69, 9.17) is 5.11 Å². The predicted molar refractivity (Wildman–Crippen MR) is 66.2 cm³/mol. The largest absolute Gasteiger partial charge is 0.396 e. The Balaban J connectivity index is 2.09. The second kappa shape index (κ2) is 8.25. The summed E-state index contributed by atoms with van der Waals surface area (Å²) in [5, 5.41) is 12.1. The lowest BCUT2D eigenvalue weighted by Crippen LogP contribution is -2.19. The Hall–Kier alpha value is -0.930. The molecule has 0 amide bonds. The molecule has 3 nitrogen and oxygen atoms in total. The standard InChI is InChI=1S/C13H22N2O/c1-12(13-6-9-14-10-7-13)15-8-4-2-3-5-11-16/h6-7,9-10,12,15-16H,2-5,8,11H2,1H3/t12-/m0/s1. The number of pyridine rings is 1. The quantitative estimate of drug-likeness (QED) is 0.663. The van der Waals surface area contributed by atoms with E-state index in [9.17, 15) is 0 Å². The van der Waals surface area contributed by atoms with Crippen LogP contribution < -0.4 is 5.32 Å². The van der Waals surface area contributed by atoms with Crippen molar-refractivity contribution in [1.82, 2.24) is 10.3 Å². The Kier molecular flexibility index (Phi) is 6.77. The molecule has 0 aliphatic heterocycles. The highest BCUT2D eigenvalue weighted by molar-refractivity contribution is 5.13. The number of rotatable bonds is 8. The van der Waals surface area contributed by atoms with Crippen LogP contribution in [0.25, 0.3) is 0 Å². The van der Waals surface area contributed by atoms with Gasteiger partial charge in [0, 0.05) is 25.0 Å². The summed E-state index contributed by atoms with van der Waals surface area (Å²) in [6.45, 7) is 3.53. The van der Waals surface area contributed by atoms with Gasteiger partial charge in [0.05, 0.1) is 0 Å². The lowest BCUT2D eigenvalue weighted by Gasteiger charge is -2.13. The third kappa shape index (κ3) is 5.24. The number of unbranched alkanes of at least 4 members (excludes halogenated alkanes) is 3. The van der Waals surface area contributed by atoms with Crippen molar-refractivity contribution < 1.29 is 5.11 Å². The van der Waals surface area contributed by atoms with Crippen molar-refractivity contribution in [3.05, 3.63) is 30.1 Å². The zero-order chi connectivity index (χ0) is 11.6. The number of aliphatic hydroxyl groups is 1. The molecule has 0 saturated carbocycles. The van der Waals surface area contributed by atoms with Crippen LogP contribution in [0, 0.1) is 0 Å². The van der Waals surface area contributed by atoms with E-state index in [0.717, 1.165) is 19.4 Å². The summed E-state index contributed by atoms with van der Waals surface area (Å²) in [7, 11) is 0. The van der Waals surface area contributed by atoms with Crippen LogP contribution >= 0.6 is 0 Å². The maximum atomic E-state index is 8.64. The molecule has 3 heteroatoms. The van der Waals surface area contributed by atoms with Gasteiger partial charge in [-0.1, -0.05) is 12.8 Å². The minimum Gasteiger partial charge on any atom is -0.396 e. The van der Waals surface area contributed by atoms with Crippen LogP contribution in [-0.4, -0.2) is 23.2 Å². The molecule has 1 heterocycles. The van der Waals surface area contributed by atoms with Gasteiger partial charge < -0.3 is 10.4 Å². The van der Waals surface area contributed by atoms with E-state index in [2.05, 4.69) is 17.2 Å². The number of hydrogen-bond acceptors (Lipinski definition) is 3. The Labute approximate surface area is 97.9 Å². The predicted octanol–water partition coefficient (Wildman–Crippen LogP) is 2.28. The fourth-order valence-electron chi connectivity index (χ4n) is 1.68. The Morgan fingerprint density at radius 1 is 1.19 bits per heavy atom. The first-order valence-electron chi connectivity index (χ1n) is 6.08. The number of aliphatic hydroxyl groups excluding tert-OH is 1. The molecule has 1 rings (SSSR count). The number of aromatic nitrogens is 1. The summed E-state index contributed by atoms with van der Waals surface area (Å²) in [4.78, 5) is 4.01. The second-order valence-corrected chi connectivity index (χ2v) is 4.09. The van der Waals surface area contributed by atoms with Gasteiger partial charge in [-0.15, -0.1) is 0 Å². The first-order chi connectivity index (χ1) is 7.84. The summed E-state index contributed by atoms with van der Waals surface area (Å²) >= 11 is 0. The third-order valence-corrected chi connectivity index (χ3v) is 2.74. The number of hydrogen-bond donors (Lipinski definition) is 2. The van der Waals surface area contributed by atoms with Gasteiger partial charge in [-0.05, 0) is 44.0 Å². The van der Waals surface area contributed by atoms with Crippen molar-refractivity contribution in [3.8, 4) is 0 Å². The number of nitrogens with zero attached hydrogens (tertiary/aromatic N) is 1. The Morgan fingerprint density at radius 3 is 2.56 bits per heavy atom. The van der Waals surface area contributed by atoms with Gasteiger partial charge >= 0.3 is 0 Å². The minimum atomic E-state index is 0.320. The van der Waals surface area contributed by atoms with Gasteiger partial charge in [-0.3, -0.25) is 4.98 Å². The maximum Gasteiger partial charge on any atom is 0.0431 e. The highest BCUT2D eigenvalue weighted by atomic mass is 16.2. The molecule has 1 aromatic heterocycles. The van der Waals surface area contributed by atoms with Crippen LogP contribution in [0.3, 0.4) is 0 Å². The molecule has 16 heavy (non-hydrogen) atoms. The summed E-state index contributed by atoms with van der Waals surface area (Å²) in [6, 6.07) is 4.48. The van der Waals surface area contributed by atoms with Crippen LogP contribution in [0.5, 0.6) is 0 Å². The molecule has 2 N–H and O–H groups in total. The molecule has 0 unspecified atom stereocenters. The molecule has 0 spiro atoms. The lowest BCUT2D eigenvalue weighted by atomic mass is 10.1. The van der Waals surface area contributed by atoms with Gasteiger partial charge in [0.25, 0.3) is 0 Å². The summed E-state index contributed by atoms with van der Waals surface area (Å²) in [5.74, 6) is 0. The average Bonchev–Trinajstić information content (AvgIpc) is 2.34. The van der Waals surface area contributed by atoms with Gasteiger partial charge in [-0.25, -0.2) is 0 Å². The van der Waals surface area contributed by atoms with E-state index < -0.39 is 0 Å². The fourth-order valence-corrected chi connectivity index (χ4v) is 1.68. The molecule has 1 aromatic rings. The second-order valence-electron chi connectivity index (χ2n) is 4.09. The van der Waals surface area contributed by atoms with Crippen LogP contribution in [0.1, 0.15) is 44.2 Å². The molecule has 0 aliphatic carbocycles. The molecule has 0 saturated heterocycles. The Bertz CT molecular complexity index is 264. The molecular formula is C13H22N2O. The van der Waals surface area contributed by atoms with E-state index >= 15 is 0 Å². The highest BCUT2D eigenvalue weighted by Crippen LogP contribution is 2.10. The normalized spacial score (nSPS) is 12.6. The minimum absolute atomic E-state index is 0.320. The van der Waals surface area contributed by atoms with Gasteiger partial charge in [0.15, 0.2) is 0 Å². The van der Waals surface area contributed by atoms with Gasteiger partial charge in [0.2, 0.25) is 0 Å². The molecular weight excluding hydrogens is 200 g/mol. The highest BCUT2D eigenvalue weighted by Gasteiger charge is 2.02. The Morgan fingerprint density at radius 2 is 1.88 bits per heavy atom. The van der Waals surface area contributed by atoms with Crippen LogP contribution in [-0.2, 0) is 0 Å². The zero-order valence-electron chi connectivity index (χ0n) is 10.0. The first-order valence-corrected chi connectivity index (χ1v) is 6.08. The van der Waals surface area contributed by atoms with Crippen molar-refractivity contribution in [2.75, 3.05) is 13.2 Å². The molecule has 0 fully saturated rings. The van der Waals surface area contributed by atoms with Crippen molar-refractivity contribution >= 4 is 0 Å². The number of nitrogens with one attached hydrogen (secondary N) is 1. The van der Waals surface area contributed by atoms with E-state index in [1.165, 1.54) is 18.4 Å².